The molecule has 0 saturated carbocycles. The fourth-order valence-electron chi connectivity index (χ4n) is 3.33. The Morgan fingerprint density at radius 2 is 2.04 bits per heavy atom. The zero-order chi connectivity index (χ0) is 18.6. The first-order valence-electron chi connectivity index (χ1n) is 8.95. The summed E-state index contributed by atoms with van der Waals surface area (Å²) in [5.41, 5.74) is 4.32. The molecule has 0 bridgehead atoms. The monoisotopic (exact) mass is 379 g/mol. The SMILES string of the molecule is COc1ccc(-c2csc(NC(=O)CN3CCCc4ccccc43)n2)cc1. The number of para-hydroxylation sites is 1. The number of carbonyl (C=O) groups is 1. The number of nitrogens with one attached hydrogen (secondary N) is 1. The second kappa shape index (κ2) is 7.80. The van der Waals surface area contributed by atoms with Gasteiger partial charge in [0.25, 0.3) is 0 Å². The first kappa shape index (κ1) is 17.5. The van der Waals surface area contributed by atoms with Crippen molar-refractivity contribution in [3.05, 3.63) is 59.5 Å². The van der Waals surface area contributed by atoms with Crippen LogP contribution in [0.15, 0.2) is 53.9 Å². The molecule has 0 atom stereocenters. The Labute approximate surface area is 162 Å². The third-order valence-electron chi connectivity index (χ3n) is 4.68. The summed E-state index contributed by atoms with van der Waals surface area (Å²) < 4.78 is 5.18. The van der Waals surface area contributed by atoms with Crippen LogP contribution in [0.5, 0.6) is 5.75 Å². The fraction of sp³-hybridized carbons (Fsp3) is 0.238. The van der Waals surface area contributed by atoms with Gasteiger partial charge in [-0.15, -0.1) is 11.3 Å². The van der Waals surface area contributed by atoms with Gasteiger partial charge in [0.1, 0.15) is 5.75 Å². The van der Waals surface area contributed by atoms with Crippen molar-refractivity contribution in [3.63, 3.8) is 0 Å². The summed E-state index contributed by atoms with van der Waals surface area (Å²) in [6.45, 7) is 1.24. The van der Waals surface area contributed by atoms with Crippen LogP contribution in [0.25, 0.3) is 11.3 Å². The second-order valence-corrected chi connectivity index (χ2v) is 7.33. The summed E-state index contributed by atoms with van der Waals surface area (Å²) in [6, 6.07) is 16.0. The van der Waals surface area contributed by atoms with E-state index in [-0.39, 0.29) is 5.91 Å². The van der Waals surface area contributed by atoms with Crippen molar-refractivity contribution in [1.29, 1.82) is 0 Å². The number of fused-ring (bicyclic) bond motifs is 1. The maximum atomic E-state index is 12.5. The lowest BCUT2D eigenvalue weighted by atomic mass is 10.0. The van der Waals surface area contributed by atoms with Crippen LogP contribution in [0.2, 0.25) is 0 Å². The van der Waals surface area contributed by atoms with Gasteiger partial charge in [-0.1, -0.05) is 18.2 Å². The van der Waals surface area contributed by atoms with Gasteiger partial charge in [0, 0.05) is 23.2 Å². The van der Waals surface area contributed by atoms with Crippen LogP contribution in [0.3, 0.4) is 0 Å². The first-order chi connectivity index (χ1) is 13.2. The average molecular weight is 379 g/mol. The molecule has 1 aliphatic heterocycles. The van der Waals surface area contributed by atoms with Gasteiger partial charge >= 0.3 is 0 Å². The zero-order valence-corrected chi connectivity index (χ0v) is 16.0. The highest BCUT2D eigenvalue weighted by atomic mass is 32.1. The number of thiazole rings is 1. The van der Waals surface area contributed by atoms with Gasteiger partial charge < -0.3 is 15.0 Å². The van der Waals surface area contributed by atoms with E-state index in [1.54, 1.807) is 7.11 Å². The van der Waals surface area contributed by atoms with Crippen molar-refractivity contribution in [2.75, 3.05) is 30.4 Å². The van der Waals surface area contributed by atoms with Gasteiger partial charge in [0.15, 0.2) is 5.13 Å². The average Bonchev–Trinajstić information content (AvgIpc) is 3.16. The molecular formula is C21H21N3O2S. The van der Waals surface area contributed by atoms with Crippen LogP contribution < -0.4 is 15.0 Å². The number of aryl methyl sites for hydroxylation is 1. The number of methoxy groups -OCH3 is 1. The number of aromatic nitrogens is 1. The van der Waals surface area contributed by atoms with E-state index < -0.39 is 0 Å². The number of nitrogens with zero attached hydrogens (tertiary/aromatic N) is 2. The van der Waals surface area contributed by atoms with E-state index in [1.165, 1.54) is 16.9 Å². The molecule has 4 rings (SSSR count). The molecule has 1 aliphatic rings. The highest BCUT2D eigenvalue weighted by Crippen LogP contribution is 2.28. The lowest BCUT2D eigenvalue weighted by Crippen LogP contribution is -2.36. The summed E-state index contributed by atoms with van der Waals surface area (Å²) in [5, 5.41) is 5.51. The van der Waals surface area contributed by atoms with Crippen LogP contribution in [0, 0.1) is 0 Å². The van der Waals surface area contributed by atoms with Crippen molar-refractivity contribution in [2.45, 2.75) is 12.8 Å². The second-order valence-electron chi connectivity index (χ2n) is 6.47. The van der Waals surface area contributed by atoms with E-state index in [0.29, 0.717) is 11.7 Å². The van der Waals surface area contributed by atoms with E-state index >= 15 is 0 Å². The van der Waals surface area contributed by atoms with Gasteiger partial charge in [-0.25, -0.2) is 4.98 Å². The smallest absolute Gasteiger partial charge is 0.245 e. The minimum absolute atomic E-state index is 0.0395. The standard InChI is InChI=1S/C21H21N3O2S/c1-26-17-10-8-15(9-11-17)18-14-27-21(22-18)23-20(25)13-24-12-4-6-16-5-2-3-7-19(16)24/h2-3,5,7-11,14H,4,6,12-13H2,1H3,(H,22,23,25). The fourth-order valence-corrected chi connectivity index (χ4v) is 4.07. The van der Waals surface area contributed by atoms with Crippen molar-refractivity contribution < 1.29 is 9.53 Å². The highest BCUT2D eigenvalue weighted by molar-refractivity contribution is 7.14. The van der Waals surface area contributed by atoms with E-state index in [9.17, 15) is 4.79 Å². The largest absolute Gasteiger partial charge is 0.497 e. The maximum Gasteiger partial charge on any atom is 0.245 e. The molecule has 27 heavy (non-hydrogen) atoms. The predicted octanol–water partition coefficient (Wildman–Crippen LogP) is 4.21. The molecule has 138 valence electrons. The number of rotatable bonds is 5. The summed E-state index contributed by atoms with van der Waals surface area (Å²) >= 11 is 1.44. The van der Waals surface area contributed by atoms with Gasteiger partial charge in [-0.05, 0) is 48.7 Å². The van der Waals surface area contributed by atoms with Crippen molar-refractivity contribution >= 4 is 28.1 Å². The minimum Gasteiger partial charge on any atom is -0.497 e. The van der Waals surface area contributed by atoms with E-state index in [4.69, 9.17) is 4.74 Å². The zero-order valence-electron chi connectivity index (χ0n) is 15.1. The molecule has 5 nitrogen and oxygen atoms in total. The maximum absolute atomic E-state index is 12.5. The van der Waals surface area contributed by atoms with Crippen molar-refractivity contribution in [2.24, 2.45) is 0 Å². The lowest BCUT2D eigenvalue weighted by Gasteiger charge is -2.30. The van der Waals surface area contributed by atoms with Gasteiger partial charge in [0.05, 0.1) is 19.3 Å². The molecule has 0 unspecified atom stereocenters. The number of anilines is 2. The normalized spacial score (nSPS) is 13.1. The molecule has 2 aromatic carbocycles. The molecule has 1 aromatic heterocycles. The molecule has 1 N–H and O–H groups in total. The topological polar surface area (TPSA) is 54.5 Å². The molecule has 0 saturated heterocycles. The van der Waals surface area contributed by atoms with Crippen LogP contribution in [0.4, 0.5) is 10.8 Å². The molecule has 0 radical (unpaired) electrons. The summed E-state index contributed by atoms with van der Waals surface area (Å²) in [4.78, 5) is 19.2. The minimum atomic E-state index is -0.0395. The summed E-state index contributed by atoms with van der Waals surface area (Å²) in [6.07, 6.45) is 2.15. The van der Waals surface area contributed by atoms with Crippen LogP contribution in [0.1, 0.15) is 12.0 Å². The molecule has 6 heteroatoms. The Morgan fingerprint density at radius 1 is 1.22 bits per heavy atom. The van der Waals surface area contributed by atoms with Crippen molar-refractivity contribution in [1.82, 2.24) is 4.98 Å². The third-order valence-corrected chi connectivity index (χ3v) is 5.43. The molecule has 0 spiro atoms. The number of hydrogen-bond donors (Lipinski definition) is 1. The molecule has 0 fully saturated rings. The van der Waals surface area contributed by atoms with E-state index in [0.717, 1.165) is 42.1 Å². The van der Waals surface area contributed by atoms with Crippen LogP contribution in [-0.2, 0) is 11.2 Å². The van der Waals surface area contributed by atoms with E-state index in [1.807, 2.05) is 35.7 Å². The van der Waals surface area contributed by atoms with Crippen molar-refractivity contribution in [3.8, 4) is 17.0 Å². The van der Waals surface area contributed by atoms with Crippen LogP contribution in [-0.4, -0.2) is 31.1 Å². The molecule has 1 amide bonds. The Hall–Kier alpha value is -2.86. The summed E-state index contributed by atoms with van der Waals surface area (Å²) in [5.74, 6) is 0.770. The Kier molecular flexibility index (Phi) is 5.07. The van der Waals surface area contributed by atoms with Gasteiger partial charge in [-0.3, -0.25) is 4.79 Å². The number of amides is 1. The van der Waals surface area contributed by atoms with Crippen LogP contribution >= 0.6 is 11.3 Å². The summed E-state index contributed by atoms with van der Waals surface area (Å²) in [7, 11) is 1.65. The highest BCUT2D eigenvalue weighted by Gasteiger charge is 2.19. The Morgan fingerprint density at radius 3 is 2.85 bits per heavy atom. The van der Waals surface area contributed by atoms with Gasteiger partial charge in [0.2, 0.25) is 5.91 Å². The third kappa shape index (κ3) is 3.95. The molecular weight excluding hydrogens is 358 g/mol. The Bertz CT molecular complexity index is 937. The molecule has 0 aliphatic carbocycles. The molecule has 2 heterocycles. The van der Waals surface area contributed by atoms with Gasteiger partial charge in [-0.2, -0.15) is 0 Å². The quantitative estimate of drug-likeness (QED) is 0.721. The first-order valence-corrected chi connectivity index (χ1v) is 9.83. The number of ether oxygens (including phenoxy) is 1. The Balaban J connectivity index is 1.41. The number of hydrogen-bond acceptors (Lipinski definition) is 5. The number of carbonyl (C=O) groups excluding carboxylic acids is 1. The molecule has 3 aromatic rings. The predicted molar refractivity (Wildman–Crippen MR) is 110 cm³/mol. The number of benzene rings is 2. The van der Waals surface area contributed by atoms with E-state index in [2.05, 4.69) is 33.4 Å². The lowest BCUT2D eigenvalue weighted by molar-refractivity contribution is -0.115.